The summed E-state index contributed by atoms with van der Waals surface area (Å²) in [6.45, 7) is 0. The zero-order valence-electron chi connectivity index (χ0n) is 10.2. The first-order valence-corrected chi connectivity index (χ1v) is 6.84. The van der Waals surface area contributed by atoms with Crippen molar-refractivity contribution in [2.75, 3.05) is 22.5 Å². The molecule has 0 aliphatic heterocycles. The van der Waals surface area contributed by atoms with Gasteiger partial charge in [-0.3, -0.25) is 4.79 Å². The monoisotopic (exact) mass is 310 g/mol. The zero-order valence-corrected chi connectivity index (χ0v) is 11.8. The van der Waals surface area contributed by atoms with Crippen LogP contribution < -0.4 is 16.8 Å². The Kier molecular flexibility index (Phi) is 4.59. The number of nitrogens with one attached hydrogen (secondary N) is 1. The Morgan fingerprint density at radius 3 is 2.70 bits per heavy atom. The van der Waals surface area contributed by atoms with Crippen molar-refractivity contribution in [1.82, 2.24) is 15.0 Å². The molecule has 0 fully saturated rings. The summed E-state index contributed by atoms with van der Waals surface area (Å²) in [5.41, 5.74) is 11.5. The van der Waals surface area contributed by atoms with Crippen LogP contribution in [0, 0.1) is 0 Å². The van der Waals surface area contributed by atoms with Gasteiger partial charge in [0.2, 0.25) is 5.91 Å². The van der Waals surface area contributed by atoms with Gasteiger partial charge in [0.05, 0.1) is 11.4 Å². The molecular formula is C11H11ClN6OS. The first-order chi connectivity index (χ1) is 9.54. The van der Waals surface area contributed by atoms with E-state index in [1.54, 1.807) is 12.1 Å². The molecule has 1 amide bonds. The van der Waals surface area contributed by atoms with E-state index in [1.807, 2.05) is 0 Å². The van der Waals surface area contributed by atoms with Gasteiger partial charge in [0.1, 0.15) is 11.6 Å². The van der Waals surface area contributed by atoms with Crippen molar-refractivity contribution in [1.29, 1.82) is 0 Å². The molecule has 0 aliphatic rings. The van der Waals surface area contributed by atoms with Gasteiger partial charge in [0.25, 0.3) is 0 Å². The lowest BCUT2D eigenvalue weighted by Gasteiger charge is -2.06. The third kappa shape index (κ3) is 3.97. The molecule has 2 aromatic rings. The average molecular weight is 311 g/mol. The van der Waals surface area contributed by atoms with Crippen molar-refractivity contribution in [2.45, 2.75) is 5.16 Å². The van der Waals surface area contributed by atoms with E-state index >= 15 is 0 Å². The maximum absolute atomic E-state index is 11.8. The number of aromatic nitrogens is 3. The molecule has 104 valence electrons. The second kappa shape index (κ2) is 6.40. The molecule has 0 saturated heterocycles. The van der Waals surface area contributed by atoms with Gasteiger partial charge in [0.15, 0.2) is 10.3 Å². The summed E-state index contributed by atoms with van der Waals surface area (Å²) < 4.78 is 0. The van der Waals surface area contributed by atoms with Crippen LogP contribution in [0.1, 0.15) is 0 Å². The Morgan fingerprint density at radius 1 is 1.35 bits per heavy atom. The van der Waals surface area contributed by atoms with Crippen LogP contribution in [-0.2, 0) is 4.79 Å². The maximum atomic E-state index is 11.8. The summed E-state index contributed by atoms with van der Waals surface area (Å²) in [5.74, 6) is 0.370. The van der Waals surface area contributed by atoms with Crippen molar-refractivity contribution in [3.05, 3.63) is 29.5 Å². The minimum atomic E-state index is -0.255. The predicted molar refractivity (Wildman–Crippen MR) is 79.5 cm³/mol. The lowest BCUT2D eigenvalue weighted by molar-refractivity contribution is -0.113. The van der Waals surface area contributed by atoms with Crippen molar-refractivity contribution in [2.24, 2.45) is 0 Å². The summed E-state index contributed by atoms with van der Waals surface area (Å²) in [6, 6.07) is 4.78. The minimum Gasteiger partial charge on any atom is -0.383 e. The van der Waals surface area contributed by atoms with E-state index in [2.05, 4.69) is 20.3 Å². The number of hydrogen-bond acceptors (Lipinski definition) is 7. The highest BCUT2D eigenvalue weighted by Crippen LogP contribution is 2.19. The summed E-state index contributed by atoms with van der Waals surface area (Å²) in [6.07, 6.45) is 1.54. The topological polar surface area (TPSA) is 120 Å². The number of anilines is 3. The molecule has 20 heavy (non-hydrogen) atoms. The molecule has 2 heterocycles. The molecule has 0 bridgehead atoms. The third-order valence-electron chi connectivity index (χ3n) is 2.11. The summed E-state index contributed by atoms with van der Waals surface area (Å²) in [4.78, 5) is 23.6. The van der Waals surface area contributed by atoms with Gasteiger partial charge in [-0.05, 0) is 12.1 Å². The average Bonchev–Trinajstić information content (AvgIpc) is 2.38. The Balaban J connectivity index is 1.94. The zero-order chi connectivity index (χ0) is 14.5. The molecule has 0 spiro atoms. The van der Waals surface area contributed by atoms with Crippen LogP contribution in [0.4, 0.5) is 17.3 Å². The van der Waals surface area contributed by atoms with Crippen LogP contribution in [0.3, 0.4) is 0 Å². The number of halogens is 1. The summed E-state index contributed by atoms with van der Waals surface area (Å²) >= 11 is 6.96. The van der Waals surface area contributed by atoms with Crippen molar-refractivity contribution in [3.8, 4) is 0 Å². The second-order valence-electron chi connectivity index (χ2n) is 3.68. The number of pyridine rings is 1. The van der Waals surface area contributed by atoms with Crippen LogP contribution in [0.2, 0.25) is 5.15 Å². The fourth-order valence-corrected chi connectivity index (χ4v) is 2.16. The Bertz CT molecular complexity index is 618. The van der Waals surface area contributed by atoms with Gasteiger partial charge in [-0.1, -0.05) is 23.4 Å². The standard InChI is InChI=1S/C11H11ClN6OS/c12-10-6(2-1-3-15-10)16-9(19)5-20-11-17-7(13)4-8(14)18-11/h1-4H,5H2,(H,16,19)(H4,13,14,17,18). The van der Waals surface area contributed by atoms with Crippen LogP contribution in [-0.4, -0.2) is 26.6 Å². The number of nitrogens with two attached hydrogens (primary N) is 2. The molecule has 0 saturated carbocycles. The van der Waals surface area contributed by atoms with Gasteiger partial charge in [0, 0.05) is 12.3 Å². The number of amides is 1. The quantitative estimate of drug-likeness (QED) is 0.443. The number of carbonyl (C=O) groups is 1. The molecule has 5 N–H and O–H groups in total. The van der Waals surface area contributed by atoms with E-state index < -0.39 is 0 Å². The Hall–Kier alpha value is -2.06. The number of nitrogen functional groups attached to an aromatic ring is 2. The molecule has 7 nitrogen and oxygen atoms in total. The molecule has 0 aromatic carbocycles. The fourth-order valence-electron chi connectivity index (χ4n) is 1.32. The number of thioether (sulfide) groups is 1. The maximum Gasteiger partial charge on any atom is 0.234 e. The number of carbonyl (C=O) groups excluding carboxylic acids is 1. The highest BCUT2D eigenvalue weighted by atomic mass is 35.5. The largest absolute Gasteiger partial charge is 0.383 e. The van der Waals surface area contributed by atoms with Gasteiger partial charge in [-0.25, -0.2) is 15.0 Å². The SMILES string of the molecule is Nc1cc(N)nc(SCC(=O)Nc2cccnc2Cl)n1. The molecule has 9 heteroatoms. The van der Waals surface area contributed by atoms with Crippen LogP contribution in [0.5, 0.6) is 0 Å². The van der Waals surface area contributed by atoms with Crippen molar-refractivity contribution >= 4 is 46.6 Å². The highest BCUT2D eigenvalue weighted by molar-refractivity contribution is 7.99. The molecule has 0 radical (unpaired) electrons. The normalized spacial score (nSPS) is 10.2. The first kappa shape index (κ1) is 14.4. The van der Waals surface area contributed by atoms with Crippen LogP contribution >= 0.6 is 23.4 Å². The first-order valence-electron chi connectivity index (χ1n) is 5.48. The molecule has 2 rings (SSSR count). The highest BCUT2D eigenvalue weighted by Gasteiger charge is 2.09. The van der Waals surface area contributed by atoms with E-state index in [1.165, 1.54) is 12.3 Å². The minimum absolute atomic E-state index is 0.105. The third-order valence-corrected chi connectivity index (χ3v) is 3.26. The molecule has 2 aromatic heterocycles. The van der Waals surface area contributed by atoms with E-state index in [-0.39, 0.29) is 28.4 Å². The second-order valence-corrected chi connectivity index (χ2v) is 4.98. The van der Waals surface area contributed by atoms with Crippen molar-refractivity contribution < 1.29 is 4.79 Å². The van der Waals surface area contributed by atoms with Gasteiger partial charge >= 0.3 is 0 Å². The summed E-state index contributed by atoms with van der Waals surface area (Å²) in [5, 5.41) is 3.21. The van der Waals surface area contributed by atoms with E-state index in [0.29, 0.717) is 10.8 Å². The number of rotatable bonds is 4. The predicted octanol–water partition coefficient (Wildman–Crippen LogP) is 1.42. The van der Waals surface area contributed by atoms with Gasteiger partial charge < -0.3 is 16.8 Å². The van der Waals surface area contributed by atoms with E-state index in [0.717, 1.165) is 11.8 Å². The fraction of sp³-hybridized carbons (Fsp3) is 0.0909. The van der Waals surface area contributed by atoms with Crippen LogP contribution in [0.15, 0.2) is 29.6 Å². The lowest BCUT2D eigenvalue weighted by Crippen LogP contribution is -2.15. The van der Waals surface area contributed by atoms with E-state index in [4.69, 9.17) is 23.1 Å². The Labute approximate surface area is 124 Å². The van der Waals surface area contributed by atoms with Gasteiger partial charge in [-0.15, -0.1) is 0 Å². The van der Waals surface area contributed by atoms with Gasteiger partial charge in [-0.2, -0.15) is 0 Å². The number of nitrogens with zero attached hydrogens (tertiary/aromatic N) is 3. The number of hydrogen-bond donors (Lipinski definition) is 3. The van der Waals surface area contributed by atoms with E-state index in [9.17, 15) is 4.79 Å². The van der Waals surface area contributed by atoms with Crippen molar-refractivity contribution in [3.63, 3.8) is 0 Å². The summed E-state index contributed by atoms with van der Waals surface area (Å²) in [7, 11) is 0. The molecular weight excluding hydrogens is 300 g/mol. The lowest BCUT2D eigenvalue weighted by atomic mass is 10.4. The Morgan fingerprint density at radius 2 is 2.05 bits per heavy atom. The molecule has 0 atom stereocenters. The molecule has 0 aliphatic carbocycles. The smallest absolute Gasteiger partial charge is 0.234 e. The molecule has 0 unspecified atom stereocenters. The van der Waals surface area contributed by atoms with Crippen LogP contribution in [0.25, 0.3) is 0 Å².